The number of nitrogens with one attached hydrogen (secondary N) is 1. The zero-order valence-corrected chi connectivity index (χ0v) is 17.1. The molecule has 0 bridgehead atoms. The van der Waals surface area contributed by atoms with Crippen LogP contribution in [0.1, 0.15) is 31.4 Å². The number of nitrogens with two attached hydrogens (primary N) is 2. The molecule has 2 aromatic carbocycles. The van der Waals surface area contributed by atoms with Gasteiger partial charge in [0, 0.05) is 10.7 Å². The molecular formula is C23H25ClN4. The number of anilines is 2. The highest BCUT2D eigenvalue weighted by Crippen LogP contribution is 2.36. The third-order valence-electron chi connectivity index (χ3n) is 4.68. The van der Waals surface area contributed by atoms with E-state index in [0.29, 0.717) is 16.4 Å². The van der Waals surface area contributed by atoms with E-state index in [1.807, 2.05) is 25.1 Å². The van der Waals surface area contributed by atoms with Gasteiger partial charge in [0.15, 0.2) is 5.96 Å². The normalized spacial score (nSPS) is 14.7. The van der Waals surface area contributed by atoms with Crippen LogP contribution in [-0.4, -0.2) is 5.96 Å². The Hall–Kier alpha value is -2.98. The molecule has 0 heterocycles. The molecule has 0 saturated carbocycles. The number of aryl methyl sites for hydroxylation is 1. The number of guanidine groups is 1. The zero-order valence-electron chi connectivity index (χ0n) is 16.4. The van der Waals surface area contributed by atoms with Crippen LogP contribution in [0.25, 0.3) is 5.57 Å². The van der Waals surface area contributed by atoms with Gasteiger partial charge in [-0.1, -0.05) is 41.5 Å². The molecule has 5 heteroatoms. The minimum absolute atomic E-state index is 0.259. The summed E-state index contributed by atoms with van der Waals surface area (Å²) in [7, 11) is 0. The lowest BCUT2D eigenvalue weighted by Gasteiger charge is -2.15. The van der Waals surface area contributed by atoms with E-state index < -0.39 is 0 Å². The van der Waals surface area contributed by atoms with Crippen LogP contribution in [0.5, 0.6) is 0 Å². The van der Waals surface area contributed by atoms with Crippen molar-refractivity contribution in [1.82, 2.24) is 0 Å². The van der Waals surface area contributed by atoms with Crippen molar-refractivity contribution < 1.29 is 0 Å². The number of hydrogen-bond donors (Lipinski definition) is 3. The van der Waals surface area contributed by atoms with Crippen LogP contribution < -0.4 is 16.8 Å². The van der Waals surface area contributed by atoms with Crippen molar-refractivity contribution in [2.75, 3.05) is 11.1 Å². The third-order valence-corrected chi connectivity index (χ3v) is 4.91. The molecule has 2 aromatic rings. The van der Waals surface area contributed by atoms with Crippen molar-refractivity contribution >= 4 is 40.2 Å². The minimum Gasteiger partial charge on any atom is -0.397 e. The fraction of sp³-hybridized carbons (Fsp3) is 0.174. The Balaban J connectivity index is 1.94. The first-order valence-electron chi connectivity index (χ1n) is 9.16. The second kappa shape index (κ2) is 8.36. The summed E-state index contributed by atoms with van der Waals surface area (Å²) < 4.78 is 0. The van der Waals surface area contributed by atoms with Crippen LogP contribution in [0.2, 0.25) is 5.02 Å². The lowest BCUT2D eigenvalue weighted by molar-refractivity contribution is 1.21. The Bertz CT molecular complexity index is 1010. The third kappa shape index (κ3) is 4.46. The van der Waals surface area contributed by atoms with Crippen molar-refractivity contribution in [3.8, 4) is 0 Å². The molecular weight excluding hydrogens is 368 g/mol. The molecule has 3 rings (SSSR count). The fourth-order valence-corrected chi connectivity index (χ4v) is 3.61. The number of benzene rings is 2. The van der Waals surface area contributed by atoms with E-state index in [1.165, 1.54) is 16.7 Å². The number of rotatable bonds is 3. The van der Waals surface area contributed by atoms with Gasteiger partial charge in [0.2, 0.25) is 0 Å². The lowest BCUT2D eigenvalue weighted by Crippen LogP contribution is -2.22. The predicted octanol–water partition coefficient (Wildman–Crippen LogP) is 5.97. The summed E-state index contributed by atoms with van der Waals surface area (Å²) in [6.07, 6.45) is 7.33. The van der Waals surface area contributed by atoms with Gasteiger partial charge in [-0.3, -0.25) is 0 Å². The van der Waals surface area contributed by atoms with Gasteiger partial charge >= 0.3 is 0 Å². The molecule has 0 atom stereocenters. The van der Waals surface area contributed by atoms with Crippen LogP contribution in [0.4, 0.5) is 17.1 Å². The molecule has 28 heavy (non-hydrogen) atoms. The average molecular weight is 393 g/mol. The van der Waals surface area contributed by atoms with E-state index in [-0.39, 0.29) is 5.96 Å². The number of halogens is 1. The second-order valence-electron chi connectivity index (χ2n) is 7.00. The van der Waals surface area contributed by atoms with E-state index in [4.69, 9.17) is 23.1 Å². The van der Waals surface area contributed by atoms with E-state index in [0.717, 1.165) is 23.2 Å². The van der Waals surface area contributed by atoms with Crippen molar-refractivity contribution in [3.63, 3.8) is 0 Å². The number of nitrogens with zero attached hydrogens (tertiary/aromatic N) is 1. The Labute approximate surface area is 171 Å². The average Bonchev–Trinajstić information content (AvgIpc) is 2.78. The highest BCUT2D eigenvalue weighted by atomic mass is 35.5. The number of nitrogen functional groups attached to an aromatic ring is 1. The Kier molecular flexibility index (Phi) is 5.90. The molecule has 144 valence electrons. The quantitative estimate of drug-likeness (QED) is 0.342. The van der Waals surface area contributed by atoms with Gasteiger partial charge in [0.05, 0.1) is 11.4 Å². The molecule has 0 unspecified atom stereocenters. The molecule has 0 aliphatic heterocycles. The zero-order chi connectivity index (χ0) is 20.3. The summed E-state index contributed by atoms with van der Waals surface area (Å²) in [5, 5.41) is 3.67. The Morgan fingerprint density at radius 2 is 1.93 bits per heavy atom. The summed E-state index contributed by atoms with van der Waals surface area (Å²) >= 11 is 6.01. The van der Waals surface area contributed by atoms with Crippen LogP contribution in [-0.2, 0) is 0 Å². The van der Waals surface area contributed by atoms with Gasteiger partial charge in [-0.25, -0.2) is 4.99 Å². The molecule has 0 saturated heterocycles. The monoisotopic (exact) mass is 392 g/mol. The van der Waals surface area contributed by atoms with Gasteiger partial charge in [-0.05, 0) is 79.8 Å². The van der Waals surface area contributed by atoms with Gasteiger partial charge in [0.1, 0.15) is 0 Å². The lowest BCUT2D eigenvalue weighted by atomic mass is 9.92. The maximum absolute atomic E-state index is 6.36. The molecule has 4 nitrogen and oxygen atoms in total. The summed E-state index contributed by atoms with van der Waals surface area (Å²) in [5.74, 6) is 0.259. The second-order valence-corrected chi connectivity index (χ2v) is 7.44. The van der Waals surface area contributed by atoms with Crippen LogP contribution in [0.3, 0.4) is 0 Å². The molecule has 0 fully saturated rings. The van der Waals surface area contributed by atoms with Crippen molar-refractivity contribution in [1.29, 1.82) is 0 Å². The maximum Gasteiger partial charge on any atom is 0.198 e. The highest BCUT2D eigenvalue weighted by Gasteiger charge is 2.13. The predicted molar refractivity (Wildman–Crippen MR) is 122 cm³/mol. The summed E-state index contributed by atoms with van der Waals surface area (Å²) in [4.78, 5) is 4.50. The Morgan fingerprint density at radius 3 is 2.64 bits per heavy atom. The Morgan fingerprint density at radius 1 is 1.14 bits per heavy atom. The van der Waals surface area contributed by atoms with E-state index in [2.05, 4.69) is 48.5 Å². The van der Waals surface area contributed by atoms with Gasteiger partial charge in [-0.2, -0.15) is 0 Å². The van der Waals surface area contributed by atoms with E-state index >= 15 is 0 Å². The van der Waals surface area contributed by atoms with E-state index in [9.17, 15) is 0 Å². The highest BCUT2D eigenvalue weighted by molar-refractivity contribution is 6.30. The van der Waals surface area contributed by atoms with Gasteiger partial charge < -0.3 is 16.8 Å². The van der Waals surface area contributed by atoms with Gasteiger partial charge in [-0.15, -0.1) is 0 Å². The molecule has 0 aromatic heterocycles. The summed E-state index contributed by atoms with van der Waals surface area (Å²) in [5.41, 5.74) is 20.3. The number of hydrogen-bond acceptors (Lipinski definition) is 2. The van der Waals surface area contributed by atoms with Crippen molar-refractivity contribution in [3.05, 3.63) is 81.9 Å². The first kappa shape index (κ1) is 19.8. The maximum atomic E-state index is 6.36. The van der Waals surface area contributed by atoms with E-state index in [1.54, 1.807) is 12.1 Å². The molecule has 5 N–H and O–H groups in total. The largest absolute Gasteiger partial charge is 0.397 e. The fourth-order valence-electron chi connectivity index (χ4n) is 3.42. The summed E-state index contributed by atoms with van der Waals surface area (Å²) in [6, 6.07) is 11.4. The van der Waals surface area contributed by atoms with Crippen molar-refractivity contribution in [2.45, 2.75) is 27.2 Å². The summed E-state index contributed by atoms with van der Waals surface area (Å²) in [6.45, 7) is 6.28. The minimum atomic E-state index is 0.259. The molecule has 0 amide bonds. The molecule has 1 aliphatic rings. The van der Waals surface area contributed by atoms with Crippen molar-refractivity contribution in [2.24, 2.45) is 10.7 Å². The molecule has 1 aliphatic carbocycles. The molecule has 0 spiro atoms. The topological polar surface area (TPSA) is 76.4 Å². The van der Waals surface area contributed by atoms with Crippen LogP contribution in [0.15, 0.2) is 70.8 Å². The number of aliphatic imine (C=N–C) groups is 1. The number of allylic oxidation sites excluding steroid dienone is 6. The van der Waals surface area contributed by atoms with Crippen LogP contribution in [0, 0.1) is 6.92 Å². The smallest absolute Gasteiger partial charge is 0.198 e. The van der Waals surface area contributed by atoms with Gasteiger partial charge in [0.25, 0.3) is 0 Å². The van der Waals surface area contributed by atoms with Crippen LogP contribution >= 0.6 is 11.6 Å². The molecule has 0 radical (unpaired) electrons. The first-order chi connectivity index (χ1) is 13.3. The first-order valence-corrected chi connectivity index (χ1v) is 9.53. The SMILES string of the molecule is CC1=CC=CCC(C)=C1c1cc(C)c(N=C(N)Nc2cccc(Cl)c2)c(N)c1. The standard InChI is InChI=1S/C23H25ClN4/c1-14-7-4-5-8-15(2)21(14)17-11-16(3)22(20(25)12-17)28-23(26)27-19-10-6-9-18(24)13-19/h4-7,9-13H,8,25H2,1-3H3,(H3,26,27,28).